The molecule has 0 heterocycles. The summed E-state index contributed by atoms with van der Waals surface area (Å²) < 4.78 is 18.8. The molecule has 0 aliphatic heterocycles. The number of benzene rings is 2. The summed E-state index contributed by atoms with van der Waals surface area (Å²) in [5.74, 6) is -0.559. The summed E-state index contributed by atoms with van der Waals surface area (Å²) in [7, 11) is 0. The Hall–Kier alpha value is -2.87. The predicted molar refractivity (Wildman–Crippen MR) is 142 cm³/mol. The number of carbonyl (C=O) groups is 2. The zero-order valence-electron chi connectivity index (χ0n) is 20.4. The van der Waals surface area contributed by atoms with Crippen LogP contribution < -0.4 is 0 Å². The van der Waals surface area contributed by atoms with Crippen LogP contribution in [0.3, 0.4) is 0 Å². The highest BCUT2D eigenvalue weighted by Gasteiger charge is 2.35. The van der Waals surface area contributed by atoms with Crippen LogP contribution in [0.4, 0.5) is 0 Å². The van der Waals surface area contributed by atoms with Crippen LogP contribution in [0.5, 0.6) is 0 Å². The van der Waals surface area contributed by atoms with Gasteiger partial charge in [-0.3, -0.25) is 4.79 Å². The van der Waals surface area contributed by atoms with E-state index in [1.165, 1.54) is 5.54 Å². The molecule has 0 bridgehead atoms. The Morgan fingerprint density at radius 3 is 2.47 bits per heavy atom. The Kier molecular flexibility index (Phi) is 10.8. The number of ketones is 1. The van der Waals surface area contributed by atoms with Crippen molar-refractivity contribution < 1.29 is 23.7 Å². The van der Waals surface area contributed by atoms with Crippen molar-refractivity contribution in [2.75, 3.05) is 6.61 Å². The van der Waals surface area contributed by atoms with Gasteiger partial charge in [-0.2, -0.15) is 0 Å². The molecular formula is C28H30ClNO5S. The van der Waals surface area contributed by atoms with E-state index in [1.54, 1.807) is 30.3 Å². The van der Waals surface area contributed by atoms with Crippen LogP contribution in [0.25, 0.3) is 0 Å². The van der Waals surface area contributed by atoms with Crippen LogP contribution in [-0.2, 0) is 25.5 Å². The molecule has 2 aromatic rings. The summed E-state index contributed by atoms with van der Waals surface area (Å²) >= 11 is 4.31. The van der Waals surface area contributed by atoms with Crippen LogP contribution in [-0.4, -0.2) is 33.9 Å². The second-order valence-corrected chi connectivity index (χ2v) is 10.6. The molecule has 0 N–H and O–H groups in total. The van der Waals surface area contributed by atoms with Crippen molar-refractivity contribution in [1.82, 2.24) is 0 Å². The first-order valence-corrected chi connectivity index (χ1v) is 13.5. The minimum atomic E-state index is -1.21. The Morgan fingerprint density at radius 2 is 1.83 bits per heavy atom. The smallest absolute Gasteiger partial charge is 0.343 e. The molecule has 190 valence electrons. The van der Waals surface area contributed by atoms with Gasteiger partial charge in [0.2, 0.25) is 0 Å². The summed E-state index contributed by atoms with van der Waals surface area (Å²) in [5.41, 5.74) is 2.41. The van der Waals surface area contributed by atoms with Crippen molar-refractivity contribution in [3.05, 3.63) is 89.2 Å². The maximum Gasteiger partial charge on any atom is 0.343 e. The topological polar surface area (TPSA) is 88.0 Å². The molecule has 6 nitrogen and oxygen atoms in total. The van der Waals surface area contributed by atoms with Crippen molar-refractivity contribution in [2.45, 2.75) is 49.7 Å². The van der Waals surface area contributed by atoms with Gasteiger partial charge in [-0.1, -0.05) is 60.1 Å². The summed E-state index contributed by atoms with van der Waals surface area (Å²) in [5, 5.41) is 3.95. The van der Waals surface area contributed by atoms with Gasteiger partial charge in [0.25, 0.3) is 0 Å². The van der Waals surface area contributed by atoms with Crippen molar-refractivity contribution in [1.29, 1.82) is 0 Å². The Bertz CT molecular complexity index is 1120. The lowest BCUT2D eigenvalue weighted by Gasteiger charge is -2.28. The van der Waals surface area contributed by atoms with E-state index in [0.717, 1.165) is 4.90 Å². The molecule has 2 aromatic carbocycles. The molecule has 0 saturated carbocycles. The number of carbonyl (C=O) groups excluding carboxylic acids is 2. The third-order valence-corrected chi connectivity index (χ3v) is 7.63. The predicted octanol–water partition coefficient (Wildman–Crippen LogP) is 6.20. The maximum atomic E-state index is 13.3. The monoisotopic (exact) mass is 527 g/mol. The molecule has 0 spiro atoms. The highest BCUT2D eigenvalue weighted by atomic mass is 35.5. The van der Waals surface area contributed by atoms with E-state index in [9.17, 15) is 14.1 Å². The fourth-order valence-corrected chi connectivity index (χ4v) is 5.52. The molecule has 3 rings (SSSR count). The van der Waals surface area contributed by atoms with Gasteiger partial charge in [0, 0.05) is 18.4 Å². The standard InChI is InChI=1S/C28H30ClNO5S/c1-3-24(30-34-16-10-15-29)27-25(31)18-21(17-20(2)36(33)23-13-8-5-9-14-23)19-26(27)35-28(32)22-11-6-4-7-12-22/h4-15,20-21H,3,16-19H2,1-2H3. The van der Waals surface area contributed by atoms with Gasteiger partial charge in [0.1, 0.15) is 17.6 Å². The van der Waals surface area contributed by atoms with E-state index in [1.807, 2.05) is 50.2 Å². The summed E-state index contributed by atoms with van der Waals surface area (Å²) in [6.07, 6.45) is 3.14. The average Bonchev–Trinajstić information content (AvgIpc) is 2.90. The number of rotatable bonds is 11. The lowest BCUT2D eigenvalue weighted by atomic mass is 9.82. The van der Waals surface area contributed by atoms with Gasteiger partial charge in [-0.15, -0.1) is 0 Å². The summed E-state index contributed by atoms with van der Waals surface area (Å²) in [6, 6.07) is 17.9. The molecule has 0 saturated heterocycles. The second kappa shape index (κ2) is 14.0. The van der Waals surface area contributed by atoms with Gasteiger partial charge in [0.15, 0.2) is 10.7 Å². The maximum absolute atomic E-state index is 13.3. The lowest BCUT2D eigenvalue weighted by molar-refractivity contribution is -0.116. The molecule has 0 fully saturated rings. The first-order chi connectivity index (χ1) is 17.4. The zero-order chi connectivity index (χ0) is 25.9. The fourth-order valence-electron chi connectivity index (χ4n) is 4.11. The summed E-state index contributed by atoms with van der Waals surface area (Å²) in [4.78, 5) is 32.3. The van der Waals surface area contributed by atoms with E-state index >= 15 is 0 Å². The van der Waals surface area contributed by atoms with E-state index in [0.29, 0.717) is 30.5 Å². The normalized spacial score (nSPS) is 18.3. The minimum absolute atomic E-state index is 0.124. The number of esters is 1. The van der Waals surface area contributed by atoms with E-state index in [2.05, 4.69) is 5.16 Å². The quantitative estimate of drug-likeness (QED) is 0.114. The molecule has 0 aromatic heterocycles. The fraction of sp³-hybridized carbons (Fsp3) is 0.321. The zero-order valence-corrected chi connectivity index (χ0v) is 22.0. The lowest BCUT2D eigenvalue weighted by Crippen LogP contribution is -2.30. The first kappa shape index (κ1) is 27.7. The van der Waals surface area contributed by atoms with Crippen molar-refractivity contribution in [3.8, 4) is 0 Å². The van der Waals surface area contributed by atoms with Crippen LogP contribution >= 0.6 is 11.6 Å². The molecule has 8 heteroatoms. The van der Waals surface area contributed by atoms with E-state index in [4.69, 9.17) is 21.2 Å². The molecule has 36 heavy (non-hydrogen) atoms. The number of allylic oxidation sites excluding steroid dienone is 2. The van der Waals surface area contributed by atoms with Crippen LogP contribution in [0.15, 0.2) is 93.7 Å². The minimum Gasteiger partial charge on any atom is -0.611 e. The Morgan fingerprint density at radius 1 is 1.17 bits per heavy atom. The number of hydrogen-bond donors (Lipinski definition) is 0. The third kappa shape index (κ3) is 7.56. The van der Waals surface area contributed by atoms with Crippen LogP contribution in [0, 0.1) is 5.92 Å². The molecule has 0 amide bonds. The highest BCUT2D eigenvalue weighted by Crippen LogP contribution is 2.34. The number of Topliss-reactive ketones (excluding diaryl/α,β-unsaturated/α-hetero) is 1. The number of ether oxygens (including phenoxy) is 1. The van der Waals surface area contributed by atoms with Gasteiger partial charge >= 0.3 is 5.97 Å². The van der Waals surface area contributed by atoms with Gasteiger partial charge in [-0.05, 0) is 67.2 Å². The Labute approximate surface area is 220 Å². The van der Waals surface area contributed by atoms with Crippen molar-refractivity contribution in [2.24, 2.45) is 11.1 Å². The molecule has 3 unspecified atom stereocenters. The second-order valence-electron chi connectivity index (χ2n) is 8.46. The van der Waals surface area contributed by atoms with Crippen LogP contribution in [0.1, 0.15) is 49.9 Å². The van der Waals surface area contributed by atoms with E-state index < -0.39 is 17.1 Å². The first-order valence-electron chi connectivity index (χ1n) is 11.9. The number of oxime groups is 1. The molecular weight excluding hydrogens is 498 g/mol. The van der Waals surface area contributed by atoms with Gasteiger partial charge in [-0.25, -0.2) is 4.79 Å². The van der Waals surface area contributed by atoms with Gasteiger partial charge in [0.05, 0.1) is 16.8 Å². The number of nitrogens with zero attached hydrogens (tertiary/aromatic N) is 1. The third-order valence-electron chi connectivity index (χ3n) is 5.80. The summed E-state index contributed by atoms with van der Waals surface area (Å²) in [6.45, 7) is 3.92. The molecule has 1 aliphatic carbocycles. The average molecular weight is 528 g/mol. The van der Waals surface area contributed by atoms with Crippen LogP contribution in [0.2, 0.25) is 0 Å². The molecule has 3 atom stereocenters. The molecule has 0 radical (unpaired) electrons. The largest absolute Gasteiger partial charge is 0.611 e. The number of hydrogen-bond acceptors (Lipinski definition) is 6. The number of halogens is 1. The van der Waals surface area contributed by atoms with Crippen molar-refractivity contribution >= 4 is 40.2 Å². The SMILES string of the molecule is CCC(=NOCC=CCl)C1=C(OC(=O)c2ccccc2)CC(CC(C)[S+]([O-])c2ccccc2)CC1=O. The Balaban J connectivity index is 1.86. The van der Waals surface area contributed by atoms with Gasteiger partial charge < -0.3 is 14.1 Å². The van der Waals surface area contributed by atoms with E-state index in [-0.39, 0.29) is 41.3 Å². The molecule has 1 aliphatic rings. The highest BCUT2D eigenvalue weighted by molar-refractivity contribution is 7.92. The van der Waals surface area contributed by atoms with Crippen molar-refractivity contribution in [3.63, 3.8) is 0 Å².